The van der Waals surface area contributed by atoms with Gasteiger partial charge in [-0.15, -0.1) is 0 Å². The summed E-state index contributed by atoms with van der Waals surface area (Å²) in [6.07, 6.45) is 0. The van der Waals surface area contributed by atoms with Crippen molar-refractivity contribution in [2.75, 3.05) is 6.61 Å². The molecule has 8 nitrogen and oxygen atoms in total. The Kier molecular flexibility index (Phi) is 3.31. The van der Waals surface area contributed by atoms with Crippen LogP contribution in [0.15, 0.2) is 4.79 Å². The summed E-state index contributed by atoms with van der Waals surface area (Å²) in [5.41, 5.74) is -0.548. The monoisotopic (exact) mass is 279 g/mol. The second-order valence-electron chi connectivity index (χ2n) is 4.19. The van der Waals surface area contributed by atoms with E-state index in [4.69, 9.17) is 9.84 Å². The number of carbonyl (C=O) groups is 2. The molecule has 0 aliphatic heterocycles. The van der Waals surface area contributed by atoms with Gasteiger partial charge in [0.15, 0.2) is 11.3 Å². The fraction of sp³-hybridized carbons (Fsp3) is 0.333. The summed E-state index contributed by atoms with van der Waals surface area (Å²) in [7, 11) is 0. The highest BCUT2D eigenvalue weighted by Crippen LogP contribution is 2.15. The van der Waals surface area contributed by atoms with Crippen molar-refractivity contribution in [2.24, 2.45) is 0 Å². The molecule has 106 valence electrons. The summed E-state index contributed by atoms with van der Waals surface area (Å²) in [6, 6.07) is 0. The Morgan fingerprint density at radius 1 is 1.40 bits per heavy atom. The van der Waals surface area contributed by atoms with Gasteiger partial charge < -0.3 is 9.84 Å². The van der Waals surface area contributed by atoms with Crippen molar-refractivity contribution in [1.29, 1.82) is 0 Å². The fourth-order valence-electron chi connectivity index (χ4n) is 1.92. The van der Waals surface area contributed by atoms with Gasteiger partial charge in [-0.2, -0.15) is 0 Å². The number of aromatic nitrogens is 3. The van der Waals surface area contributed by atoms with Crippen LogP contribution in [-0.4, -0.2) is 38.3 Å². The molecule has 0 amide bonds. The Bertz CT molecular complexity index is 771. The first-order valence-electron chi connectivity index (χ1n) is 5.90. The molecule has 8 heteroatoms. The number of rotatable bonds is 3. The number of carboxylic acid groups (broad SMARTS) is 1. The maximum Gasteiger partial charge on any atom is 0.355 e. The van der Waals surface area contributed by atoms with Gasteiger partial charge in [0.05, 0.1) is 6.61 Å². The van der Waals surface area contributed by atoms with E-state index < -0.39 is 17.5 Å². The number of carbonyl (C=O) groups excluding carboxylic acids is 1. The zero-order valence-corrected chi connectivity index (χ0v) is 11.2. The number of aryl methyl sites for hydroxylation is 1. The third-order valence-corrected chi connectivity index (χ3v) is 2.87. The van der Waals surface area contributed by atoms with Crippen LogP contribution in [-0.2, 0) is 4.74 Å². The third kappa shape index (κ3) is 1.94. The lowest BCUT2D eigenvalue weighted by Gasteiger charge is -2.02. The Balaban J connectivity index is 2.85. The van der Waals surface area contributed by atoms with Gasteiger partial charge in [0.25, 0.3) is 5.56 Å². The summed E-state index contributed by atoms with van der Waals surface area (Å²) in [6.45, 7) is 4.76. The maximum absolute atomic E-state index is 12.1. The predicted molar refractivity (Wildman–Crippen MR) is 68.2 cm³/mol. The van der Waals surface area contributed by atoms with E-state index >= 15 is 0 Å². The van der Waals surface area contributed by atoms with Crippen LogP contribution in [0.1, 0.15) is 39.0 Å². The number of hydrogen-bond acceptors (Lipinski definition) is 5. The van der Waals surface area contributed by atoms with Gasteiger partial charge in [-0.25, -0.2) is 19.1 Å². The Hall–Kier alpha value is -2.64. The first-order valence-corrected chi connectivity index (χ1v) is 5.90. The van der Waals surface area contributed by atoms with E-state index in [0.29, 0.717) is 5.69 Å². The summed E-state index contributed by atoms with van der Waals surface area (Å²) < 4.78 is 5.93. The fourth-order valence-corrected chi connectivity index (χ4v) is 1.92. The Morgan fingerprint density at radius 3 is 2.60 bits per heavy atom. The predicted octanol–water partition coefficient (Wildman–Crippen LogP) is 0.514. The number of esters is 1. The number of aromatic carboxylic acids is 1. The van der Waals surface area contributed by atoms with E-state index in [1.165, 1.54) is 6.92 Å². The lowest BCUT2D eigenvalue weighted by molar-refractivity contribution is 0.0526. The van der Waals surface area contributed by atoms with Gasteiger partial charge in [0.1, 0.15) is 5.56 Å². The average molecular weight is 279 g/mol. The van der Waals surface area contributed by atoms with E-state index in [2.05, 4.69) is 10.1 Å². The van der Waals surface area contributed by atoms with E-state index in [-0.39, 0.29) is 29.1 Å². The molecule has 0 unspecified atom stereocenters. The number of hydrogen-bond donors (Lipinski definition) is 2. The molecule has 0 bridgehead atoms. The minimum absolute atomic E-state index is 0.00772. The number of fused-ring (bicyclic) bond motifs is 1. The molecule has 0 saturated carbocycles. The highest BCUT2D eigenvalue weighted by Gasteiger charge is 2.23. The molecule has 0 radical (unpaired) electrons. The van der Waals surface area contributed by atoms with Gasteiger partial charge in [0, 0.05) is 11.3 Å². The molecule has 0 aliphatic rings. The van der Waals surface area contributed by atoms with Gasteiger partial charge in [0.2, 0.25) is 0 Å². The SMILES string of the molecule is CCOC(=O)c1c(C)[nH]n2c(=O)c(C)c(C(=O)O)nc12. The molecule has 2 rings (SSSR count). The van der Waals surface area contributed by atoms with Crippen molar-refractivity contribution in [2.45, 2.75) is 20.8 Å². The minimum atomic E-state index is -1.32. The quantitative estimate of drug-likeness (QED) is 0.791. The largest absolute Gasteiger partial charge is 0.476 e. The van der Waals surface area contributed by atoms with Crippen LogP contribution >= 0.6 is 0 Å². The number of ether oxygens (including phenoxy) is 1. The van der Waals surface area contributed by atoms with E-state index in [9.17, 15) is 14.4 Å². The van der Waals surface area contributed by atoms with Crippen LogP contribution in [0.2, 0.25) is 0 Å². The maximum atomic E-state index is 12.1. The molecule has 2 aromatic heterocycles. The first-order chi connectivity index (χ1) is 9.38. The third-order valence-electron chi connectivity index (χ3n) is 2.87. The lowest BCUT2D eigenvalue weighted by Crippen LogP contribution is -2.23. The van der Waals surface area contributed by atoms with E-state index in [1.807, 2.05) is 0 Å². The van der Waals surface area contributed by atoms with Crippen molar-refractivity contribution in [1.82, 2.24) is 14.6 Å². The van der Waals surface area contributed by atoms with Crippen LogP contribution in [0.25, 0.3) is 5.65 Å². The molecule has 20 heavy (non-hydrogen) atoms. The van der Waals surface area contributed by atoms with Gasteiger partial charge >= 0.3 is 11.9 Å². The molecule has 2 heterocycles. The molecule has 0 aliphatic carbocycles. The normalized spacial score (nSPS) is 10.8. The van der Waals surface area contributed by atoms with Crippen molar-refractivity contribution in [3.63, 3.8) is 0 Å². The van der Waals surface area contributed by atoms with Crippen molar-refractivity contribution in [3.05, 3.63) is 32.9 Å². The van der Waals surface area contributed by atoms with E-state index in [1.54, 1.807) is 13.8 Å². The van der Waals surface area contributed by atoms with Gasteiger partial charge in [-0.3, -0.25) is 9.89 Å². The van der Waals surface area contributed by atoms with Crippen molar-refractivity contribution >= 4 is 17.6 Å². The molecule has 0 atom stereocenters. The smallest absolute Gasteiger partial charge is 0.355 e. The average Bonchev–Trinajstić information content (AvgIpc) is 2.70. The summed E-state index contributed by atoms with van der Waals surface area (Å²) >= 11 is 0. The minimum Gasteiger partial charge on any atom is -0.476 e. The molecule has 0 spiro atoms. The summed E-state index contributed by atoms with van der Waals surface area (Å²) in [5.74, 6) is -1.98. The number of carboxylic acids is 1. The van der Waals surface area contributed by atoms with Gasteiger partial charge in [-0.1, -0.05) is 0 Å². The van der Waals surface area contributed by atoms with Crippen LogP contribution in [0.4, 0.5) is 0 Å². The highest BCUT2D eigenvalue weighted by molar-refractivity contribution is 5.98. The first kappa shape index (κ1) is 13.8. The van der Waals surface area contributed by atoms with Crippen LogP contribution < -0.4 is 5.56 Å². The number of aromatic amines is 1. The number of nitrogens with zero attached hydrogens (tertiary/aromatic N) is 2. The lowest BCUT2D eigenvalue weighted by atomic mass is 10.2. The highest BCUT2D eigenvalue weighted by atomic mass is 16.5. The zero-order valence-electron chi connectivity index (χ0n) is 11.2. The summed E-state index contributed by atoms with van der Waals surface area (Å²) in [4.78, 5) is 38.9. The number of nitrogens with one attached hydrogen (secondary N) is 1. The molecule has 0 fully saturated rings. The van der Waals surface area contributed by atoms with Crippen LogP contribution in [0.3, 0.4) is 0 Å². The second-order valence-corrected chi connectivity index (χ2v) is 4.19. The zero-order chi connectivity index (χ0) is 15.0. The molecule has 0 aromatic carbocycles. The number of H-pyrrole nitrogens is 1. The van der Waals surface area contributed by atoms with Gasteiger partial charge in [-0.05, 0) is 20.8 Å². The molecule has 2 aromatic rings. The Labute approximate surface area is 113 Å². The molecular formula is C12H13N3O5. The van der Waals surface area contributed by atoms with Crippen molar-refractivity contribution < 1.29 is 19.4 Å². The second kappa shape index (κ2) is 4.80. The molecule has 2 N–H and O–H groups in total. The summed E-state index contributed by atoms with van der Waals surface area (Å²) in [5, 5.41) is 11.7. The molecular weight excluding hydrogens is 266 g/mol. The molecule has 0 saturated heterocycles. The van der Waals surface area contributed by atoms with Crippen LogP contribution in [0.5, 0.6) is 0 Å². The van der Waals surface area contributed by atoms with Crippen LogP contribution in [0, 0.1) is 13.8 Å². The van der Waals surface area contributed by atoms with Crippen molar-refractivity contribution in [3.8, 4) is 0 Å². The van der Waals surface area contributed by atoms with E-state index in [0.717, 1.165) is 4.52 Å². The standard InChI is InChI=1S/C12H13N3O5/c1-4-20-12(19)7-6(3)14-15-9(7)13-8(11(17)18)5(2)10(15)16/h14H,4H2,1-3H3,(H,17,18). The Morgan fingerprint density at radius 2 is 2.05 bits per heavy atom. The topological polar surface area (TPSA) is 114 Å².